The number of hydrogen-bond acceptors (Lipinski definition) is 4. The van der Waals surface area contributed by atoms with Crippen LogP contribution in [0.4, 0.5) is 4.79 Å². The number of nitrogens with one attached hydrogen (secondary N) is 2. The van der Waals surface area contributed by atoms with Crippen LogP contribution in [0.15, 0.2) is 18.3 Å². The Balaban J connectivity index is 1.71. The van der Waals surface area contributed by atoms with Crippen LogP contribution >= 0.6 is 0 Å². The van der Waals surface area contributed by atoms with Gasteiger partial charge in [0.1, 0.15) is 0 Å². The number of amides is 2. The minimum absolute atomic E-state index is 0.160. The Bertz CT molecular complexity index is 428. The van der Waals surface area contributed by atoms with E-state index in [9.17, 15) is 9.90 Å². The number of methoxy groups -OCH3 is 1. The number of carbonyl (C=O) groups is 1. The highest BCUT2D eigenvalue weighted by molar-refractivity contribution is 5.74. The van der Waals surface area contributed by atoms with Crippen molar-refractivity contribution in [2.45, 2.75) is 44.4 Å². The summed E-state index contributed by atoms with van der Waals surface area (Å²) in [5.41, 5.74) is 0.917. The minimum atomic E-state index is -0.207. The molecule has 0 bridgehead atoms. The second kappa shape index (κ2) is 7.09. The smallest absolute Gasteiger partial charge is 0.315 e. The molecule has 6 nitrogen and oxygen atoms in total. The second-order valence-corrected chi connectivity index (χ2v) is 5.04. The monoisotopic (exact) mass is 279 g/mol. The Kier molecular flexibility index (Phi) is 5.17. The summed E-state index contributed by atoms with van der Waals surface area (Å²) in [5.74, 6) is 0.555. The fourth-order valence-corrected chi connectivity index (χ4v) is 2.28. The van der Waals surface area contributed by atoms with Gasteiger partial charge in [-0.3, -0.25) is 0 Å². The van der Waals surface area contributed by atoms with Gasteiger partial charge >= 0.3 is 6.03 Å². The van der Waals surface area contributed by atoms with Crippen LogP contribution in [-0.2, 0) is 6.54 Å². The SMILES string of the molecule is COc1ccc(CNC(=O)NC2CCC(O)CC2)cn1. The lowest BCUT2D eigenvalue weighted by Gasteiger charge is -2.26. The summed E-state index contributed by atoms with van der Waals surface area (Å²) in [6.45, 7) is 0.429. The number of rotatable bonds is 4. The molecule has 20 heavy (non-hydrogen) atoms. The summed E-state index contributed by atoms with van der Waals surface area (Å²) in [5, 5.41) is 15.1. The van der Waals surface area contributed by atoms with Gasteiger partial charge in [0.05, 0.1) is 13.2 Å². The van der Waals surface area contributed by atoms with Crippen molar-refractivity contribution in [2.24, 2.45) is 0 Å². The van der Waals surface area contributed by atoms with Crippen LogP contribution in [0.5, 0.6) is 5.88 Å². The van der Waals surface area contributed by atoms with E-state index in [-0.39, 0.29) is 18.2 Å². The van der Waals surface area contributed by atoms with Gasteiger partial charge in [-0.2, -0.15) is 0 Å². The zero-order valence-electron chi connectivity index (χ0n) is 11.6. The molecule has 0 aliphatic heterocycles. The fourth-order valence-electron chi connectivity index (χ4n) is 2.28. The second-order valence-electron chi connectivity index (χ2n) is 5.04. The van der Waals surface area contributed by atoms with Crippen LogP contribution in [0.1, 0.15) is 31.2 Å². The third-order valence-electron chi connectivity index (χ3n) is 3.49. The molecule has 0 aromatic carbocycles. The van der Waals surface area contributed by atoms with E-state index in [0.717, 1.165) is 31.2 Å². The van der Waals surface area contributed by atoms with Gasteiger partial charge in [0, 0.05) is 24.8 Å². The third-order valence-corrected chi connectivity index (χ3v) is 3.49. The largest absolute Gasteiger partial charge is 0.481 e. The molecule has 3 N–H and O–H groups in total. The van der Waals surface area contributed by atoms with E-state index in [2.05, 4.69) is 15.6 Å². The number of ether oxygens (including phenoxy) is 1. The number of pyridine rings is 1. The summed E-state index contributed by atoms with van der Waals surface area (Å²) in [7, 11) is 1.56. The molecule has 1 aromatic rings. The predicted octanol–water partition coefficient (Wildman–Crippen LogP) is 1.19. The van der Waals surface area contributed by atoms with Gasteiger partial charge in [-0.05, 0) is 31.2 Å². The number of aromatic nitrogens is 1. The summed E-state index contributed by atoms with van der Waals surface area (Å²) >= 11 is 0. The topological polar surface area (TPSA) is 83.5 Å². The lowest BCUT2D eigenvalue weighted by Crippen LogP contribution is -2.43. The van der Waals surface area contributed by atoms with Gasteiger partial charge in [0.2, 0.25) is 5.88 Å². The molecule has 0 atom stereocenters. The van der Waals surface area contributed by atoms with Gasteiger partial charge in [-0.15, -0.1) is 0 Å². The Morgan fingerprint density at radius 1 is 1.40 bits per heavy atom. The van der Waals surface area contributed by atoms with Crippen LogP contribution in [0, 0.1) is 0 Å². The van der Waals surface area contributed by atoms with Crippen molar-refractivity contribution < 1.29 is 14.6 Å². The summed E-state index contributed by atoms with van der Waals surface area (Å²) in [6, 6.07) is 3.61. The lowest BCUT2D eigenvalue weighted by atomic mass is 9.93. The number of aliphatic hydroxyl groups excluding tert-OH is 1. The van der Waals surface area contributed by atoms with E-state index in [4.69, 9.17) is 4.74 Å². The number of aliphatic hydroxyl groups is 1. The highest BCUT2D eigenvalue weighted by Crippen LogP contribution is 2.18. The molecule has 1 aliphatic rings. The zero-order valence-corrected chi connectivity index (χ0v) is 11.6. The predicted molar refractivity (Wildman–Crippen MR) is 74.4 cm³/mol. The van der Waals surface area contributed by atoms with Gasteiger partial charge < -0.3 is 20.5 Å². The number of urea groups is 1. The van der Waals surface area contributed by atoms with E-state index < -0.39 is 0 Å². The van der Waals surface area contributed by atoms with Crippen molar-refractivity contribution in [1.29, 1.82) is 0 Å². The highest BCUT2D eigenvalue weighted by Gasteiger charge is 2.20. The number of hydrogen-bond donors (Lipinski definition) is 3. The van der Waals surface area contributed by atoms with Crippen molar-refractivity contribution in [2.75, 3.05) is 7.11 Å². The molecule has 110 valence electrons. The average molecular weight is 279 g/mol. The molecule has 2 rings (SSSR count). The van der Waals surface area contributed by atoms with Crippen molar-refractivity contribution in [1.82, 2.24) is 15.6 Å². The molecule has 1 aliphatic carbocycles. The van der Waals surface area contributed by atoms with Crippen molar-refractivity contribution in [3.8, 4) is 5.88 Å². The van der Waals surface area contributed by atoms with E-state index in [0.29, 0.717) is 12.4 Å². The van der Waals surface area contributed by atoms with E-state index in [1.165, 1.54) is 0 Å². The molecule has 0 spiro atoms. The van der Waals surface area contributed by atoms with Gasteiger partial charge in [-0.1, -0.05) is 6.07 Å². The number of nitrogens with zero attached hydrogens (tertiary/aromatic N) is 1. The van der Waals surface area contributed by atoms with Crippen LogP contribution in [0.2, 0.25) is 0 Å². The molecule has 1 heterocycles. The first kappa shape index (κ1) is 14.6. The maximum atomic E-state index is 11.8. The van der Waals surface area contributed by atoms with Gasteiger partial charge in [0.15, 0.2) is 0 Å². The highest BCUT2D eigenvalue weighted by atomic mass is 16.5. The van der Waals surface area contributed by atoms with Crippen LogP contribution in [0.25, 0.3) is 0 Å². The van der Waals surface area contributed by atoms with Gasteiger partial charge in [0.25, 0.3) is 0 Å². The standard InChI is InChI=1S/C14H21N3O3/c1-20-13-7-2-10(8-15-13)9-16-14(19)17-11-3-5-12(18)6-4-11/h2,7-8,11-12,18H,3-6,9H2,1H3,(H2,16,17,19). The maximum Gasteiger partial charge on any atom is 0.315 e. The first-order chi connectivity index (χ1) is 9.67. The zero-order chi connectivity index (χ0) is 14.4. The molecule has 1 saturated carbocycles. The molecule has 0 saturated heterocycles. The lowest BCUT2D eigenvalue weighted by molar-refractivity contribution is 0.117. The van der Waals surface area contributed by atoms with E-state index in [1.54, 1.807) is 19.4 Å². The Labute approximate surface area is 118 Å². The maximum absolute atomic E-state index is 11.8. The Morgan fingerprint density at radius 3 is 2.75 bits per heavy atom. The molecule has 0 radical (unpaired) electrons. The molecular weight excluding hydrogens is 258 g/mol. The normalized spacial score (nSPS) is 22.1. The third kappa shape index (κ3) is 4.38. The van der Waals surface area contributed by atoms with Crippen LogP contribution in [-0.4, -0.2) is 35.4 Å². The molecule has 6 heteroatoms. The van der Waals surface area contributed by atoms with E-state index >= 15 is 0 Å². The van der Waals surface area contributed by atoms with Crippen LogP contribution in [0.3, 0.4) is 0 Å². The Morgan fingerprint density at radius 2 is 2.15 bits per heavy atom. The molecule has 2 amide bonds. The van der Waals surface area contributed by atoms with Crippen molar-refractivity contribution in [3.63, 3.8) is 0 Å². The van der Waals surface area contributed by atoms with Crippen LogP contribution < -0.4 is 15.4 Å². The number of carbonyl (C=O) groups excluding carboxylic acids is 1. The first-order valence-corrected chi connectivity index (χ1v) is 6.88. The Hall–Kier alpha value is -1.82. The van der Waals surface area contributed by atoms with Crippen molar-refractivity contribution in [3.05, 3.63) is 23.9 Å². The minimum Gasteiger partial charge on any atom is -0.481 e. The fraction of sp³-hybridized carbons (Fsp3) is 0.571. The van der Waals surface area contributed by atoms with E-state index in [1.807, 2.05) is 6.07 Å². The molecule has 0 unspecified atom stereocenters. The average Bonchev–Trinajstić information content (AvgIpc) is 2.48. The summed E-state index contributed by atoms with van der Waals surface area (Å²) < 4.78 is 4.97. The first-order valence-electron chi connectivity index (χ1n) is 6.88. The van der Waals surface area contributed by atoms with Gasteiger partial charge in [-0.25, -0.2) is 9.78 Å². The summed E-state index contributed by atoms with van der Waals surface area (Å²) in [4.78, 5) is 15.8. The molecule has 1 aromatic heterocycles. The quantitative estimate of drug-likeness (QED) is 0.773. The summed E-state index contributed by atoms with van der Waals surface area (Å²) in [6.07, 6.45) is 4.65. The molecular formula is C14H21N3O3. The molecule has 1 fully saturated rings. The van der Waals surface area contributed by atoms with Crippen molar-refractivity contribution >= 4 is 6.03 Å².